The first-order valence-electron chi connectivity index (χ1n) is 8.62. The molecule has 8 heteroatoms. The summed E-state index contributed by atoms with van der Waals surface area (Å²) in [6.45, 7) is 7.98. The largest absolute Gasteiger partial charge is 0.469 e. The van der Waals surface area contributed by atoms with E-state index in [2.05, 4.69) is 15.5 Å². The molecule has 2 aromatic heterocycles. The van der Waals surface area contributed by atoms with E-state index in [1.807, 2.05) is 24.5 Å². The van der Waals surface area contributed by atoms with Crippen LogP contribution < -0.4 is 5.32 Å². The van der Waals surface area contributed by atoms with Crippen LogP contribution in [0.2, 0.25) is 0 Å². The summed E-state index contributed by atoms with van der Waals surface area (Å²) >= 11 is 1.31. The standard InChI is InChI=1S/C19H21FN4O2S/c1-5-24-17(15-8-9-26-12(15)3)22-23-19(24)27-13(4)18(25)21-14-7-6-11(2)16(20)10-14/h6-10,13H,5H2,1-4H3,(H,21,25)/t13-/m0/s1. The highest BCUT2D eigenvalue weighted by Gasteiger charge is 2.21. The van der Waals surface area contributed by atoms with Crippen LogP contribution in [-0.4, -0.2) is 25.9 Å². The van der Waals surface area contributed by atoms with Gasteiger partial charge in [-0.05, 0) is 51.5 Å². The number of amides is 1. The van der Waals surface area contributed by atoms with Crippen molar-refractivity contribution in [1.29, 1.82) is 0 Å². The summed E-state index contributed by atoms with van der Waals surface area (Å²) in [7, 11) is 0. The van der Waals surface area contributed by atoms with Crippen molar-refractivity contribution in [3.05, 3.63) is 47.7 Å². The highest BCUT2D eigenvalue weighted by Crippen LogP contribution is 2.29. The van der Waals surface area contributed by atoms with Gasteiger partial charge in [0.15, 0.2) is 11.0 Å². The Morgan fingerprint density at radius 2 is 2.11 bits per heavy atom. The van der Waals surface area contributed by atoms with E-state index in [1.165, 1.54) is 17.8 Å². The predicted molar refractivity (Wildman–Crippen MR) is 103 cm³/mol. The first kappa shape index (κ1) is 19.2. The van der Waals surface area contributed by atoms with Crippen molar-refractivity contribution in [2.24, 2.45) is 0 Å². The fourth-order valence-corrected chi connectivity index (χ4v) is 3.52. The maximum absolute atomic E-state index is 13.7. The summed E-state index contributed by atoms with van der Waals surface area (Å²) in [6.07, 6.45) is 1.61. The van der Waals surface area contributed by atoms with Crippen LogP contribution in [0.3, 0.4) is 0 Å². The summed E-state index contributed by atoms with van der Waals surface area (Å²) in [4.78, 5) is 12.5. The molecule has 0 aliphatic heterocycles. The van der Waals surface area contributed by atoms with E-state index in [0.717, 1.165) is 11.3 Å². The van der Waals surface area contributed by atoms with Gasteiger partial charge < -0.3 is 14.3 Å². The van der Waals surface area contributed by atoms with Crippen LogP contribution in [0.25, 0.3) is 11.4 Å². The zero-order chi connectivity index (χ0) is 19.6. The van der Waals surface area contributed by atoms with E-state index in [-0.39, 0.29) is 11.7 Å². The molecule has 1 atom stereocenters. The van der Waals surface area contributed by atoms with Gasteiger partial charge in [0.05, 0.1) is 17.1 Å². The van der Waals surface area contributed by atoms with Gasteiger partial charge in [0.2, 0.25) is 5.91 Å². The Hall–Kier alpha value is -2.61. The van der Waals surface area contributed by atoms with Gasteiger partial charge in [-0.15, -0.1) is 10.2 Å². The van der Waals surface area contributed by atoms with E-state index in [1.54, 1.807) is 32.2 Å². The summed E-state index contributed by atoms with van der Waals surface area (Å²) in [5.41, 5.74) is 1.85. The Bertz CT molecular complexity index is 967. The summed E-state index contributed by atoms with van der Waals surface area (Å²) in [5.74, 6) is 0.897. The van der Waals surface area contributed by atoms with Gasteiger partial charge in [0.1, 0.15) is 11.6 Å². The first-order chi connectivity index (χ1) is 12.9. The minimum atomic E-state index is -0.429. The molecular weight excluding hydrogens is 367 g/mol. The minimum absolute atomic E-state index is 0.227. The quantitative estimate of drug-likeness (QED) is 0.632. The fourth-order valence-electron chi connectivity index (χ4n) is 2.60. The lowest BCUT2D eigenvalue weighted by Gasteiger charge is -2.13. The maximum atomic E-state index is 13.7. The normalized spacial score (nSPS) is 12.2. The van der Waals surface area contributed by atoms with Crippen LogP contribution in [0.15, 0.2) is 40.1 Å². The van der Waals surface area contributed by atoms with Crippen molar-refractivity contribution in [2.45, 2.75) is 44.6 Å². The predicted octanol–water partition coefficient (Wildman–Crippen LogP) is 4.43. The molecule has 6 nitrogen and oxygen atoms in total. The van der Waals surface area contributed by atoms with Crippen LogP contribution in [0.5, 0.6) is 0 Å². The number of nitrogens with zero attached hydrogens (tertiary/aromatic N) is 3. The molecular formula is C19H21FN4O2S. The lowest BCUT2D eigenvalue weighted by atomic mass is 10.2. The molecule has 3 rings (SSSR count). The second-order valence-corrected chi connectivity index (χ2v) is 7.46. The second kappa shape index (κ2) is 7.96. The smallest absolute Gasteiger partial charge is 0.237 e. The lowest BCUT2D eigenvalue weighted by molar-refractivity contribution is -0.115. The number of halogens is 1. The van der Waals surface area contributed by atoms with E-state index in [0.29, 0.717) is 28.8 Å². The molecule has 0 fully saturated rings. The third-order valence-electron chi connectivity index (χ3n) is 4.22. The van der Waals surface area contributed by atoms with Gasteiger partial charge in [-0.3, -0.25) is 4.79 Å². The number of aromatic nitrogens is 3. The highest BCUT2D eigenvalue weighted by molar-refractivity contribution is 8.00. The number of carbonyl (C=O) groups is 1. The molecule has 142 valence electrons. The van der Waals surface area contributed by atoms with E-state index in [9.17, 15) is 9.18 Å². The third-order valence-corrected chi connectivity index (χ3v) is 5.30. The number of nitrogens with one attached hydrogen (secondary N) is 1. The number of carbonyl (C=O) groups excluding carboxylic acids is 1. The van der Waals surface area contributed by atoms with Gasteiger partial charge >= 0.3 is 0 Å². The zero-order valence-electron chi connectivity index (χ0n) is 15.6. The van der Waals surface area contributed by atoms with E-state index >= 15 is 0 Å². The molecule has 1 aromatic carbocycles. The third kappa shape index (κ3) is 4.05. The summed E-state index contributed by atoms with van der Waals surface area (Å²) < 4.78 is 21.0. The number of aryl methyl sites for hydroxylation is 2. The Labute approximate surface area is 161 Å². The molecule has 0 aliphatic carbocycles. The van der Waals surface area contributed by atoms with E-state index < -0.39 is 5.25 Å². The second-order valence-electron chi connectivity index (χ2n) is 6.15. The maximum Gasteiger partial charge on any atom is 0.237 e. The first-order valence-corrected chi connectivity index (χ1v) is 9.50. The average Bonchev–Trinajstić information content (AvgIpc) is 3.23. The van der Waals surface area contributed by atoms with Gasteiger partial charge in [-0.25, -0.2) is 4.39 Å². The molecule has 1 amide bonds. The van der Waals surface area contributed by atoms with Crippen LogP contribution in [0.4, 0.5) is 10.1 Å². The molecule has 0 spiro atoms. The monoisotopic (exact) mass is 388 g/mol. The molecule has 0 aliphatic rings. The van der Waals surface area contributed by atoms with Crippen molar-refractivity contribution < 1.29 is 13.6 Å². The molecule has 0 bridgehead atoms. The molecule has 3 aromatic rings. The van der Waals surface area contributed by atoms with Crippen LogP contribution in [0.1, 0.15) is 25.2 Å². The van der Waals surface area contributed by atoms with Crippen molar-refractivity contribution in [3.63, 3.8) is 0 Å². The Balaban J connectivity index is 1.74. The van der Waals surface area contributed by atoms with Crippen molar-refractivity contribution in [2.75, 3.05) is 5.32 Å². The Morgan fingerprint density at radius 3 is 2.74 bits per heavy atom. The molecule has 0 radical (unpaired) electrons. The minimum Gasteiger partial charge on any atom is -0.469 e. The van der Waals surface area contributed by atoms with Gasteiger partial charge in [0, 0.05) is 12.2 Å². The Morgan fingerprint density at radius 1 is 1.33 bits per heavy atom. The van der Waals surface area contributed by atoms with Gasteiger partial charge in [-0.1, -0.05) is 17.8 Å². The summed E-state index contributed by atoms with van der Waals surface area (Å²) in [6, 6.07) is 6.49. The fraction of sp³-hybridized carbons (Fsp3) is 0.316. The van der Waals surface area contributed by atoms with Gasteiger partial charge in [0.25, 0.3) is 0 Å². The zero-order valence-corrected chi connectivity index (χ0v) is 16.4. The molecule has 2 heterocycles. The van der Waals surface area contributed by atoms with Crippen LogP contribution >= 0.6 is 11.8 Å². The van der Waals surface area contributed by atoms with Crippen LogP contribution in [-0.2, 0) is 11.3 Å². The highest BCUT2D eigenvalue weighted by atomic mass is 32.2. The molecule has 1 N–H and O–H groups in total. The molecule has 0 unspecified atom stereocenters. The Kier molecular flexibility index (Phi) is 5.65. The number of rotatable bonds is 6. The molecule has 0 saturated heterocycles. The van der Waals surface area contributed by atoms with Gasteiger partial charge in [-0.2, -0.15) is 0 Å². The average molecular weight is 388 g/mol. The number of hydrogen-bond acceptors (Lipinski definition) is 5. The van der Waals surface area contributed by atoms with Crippen molar-refractivity contribution in [3.8, 4) is 11.4 Å². The van der Waals surface area contributed by atoms with E-state index in [4.69, 9.17) is 4.42 Å². The number of hydrogen-bond donors (Lipinski definition) is 1. The van der Waals surface area contributed by atoms with Crippen molar-refractivity contribution >= 4 is 23.4 Å². The molecule has 0 saturated carbocycles. The number of furan rings is 1. The van der Waals surface area contributed by atoms with Crippen LogP contribution in [0, 0.1) is 19.7 Å². The van der Waals surface area contributed by atoms with Crippen molar-refractivity contribution in [1.82, 2.24) is 14.8 Å². The summed E-state index contributed by atoms with van der Waals surface area (Å²) in [5, 5.41) is 11.4. The molecule has 27 heavy (non-hydrogen) atoms. The lowest BCUT2D eigenvalue weighted by Crippen LogP contribution is -2.23. The number of anilines is 1. The topological polar surface area (TPSA) is 73.0 Å². The SMILES string of the molecule is CCn1c(S[C@@H](C)C(=O)Nc2ccc(C)c(F)c2)nnc1-c1ccoc1C. The number of benzene rings is 1. The number of thioether (sulfide) groups is 1.